The third kappa shape index (κ3) is 4.14. The SMILES string of the molecule is CCOc1ccc([C@H]2c3c(-c4cc(C)ccc4O)n[nH]c3C(=O)N2CCCO)cc1OCC. The second kappa shape index (κ2) is 9.54. The number of H-pyrrole nitrogens is 1. The Hall–Kier alpha value is -3.52. The fraction of sp³-hybridized carbons (Fsp3) is 0.360. The van der Waals surface area contributed by atoms with Crippen LogP contribution in [0.25, 0.3) is 11.3 Å². The number of aliphatic hydroxyl groups excluding tert-OH is 1. The van der Waals surface area contributed by atoms with Gasteiger partial charge in [-0.05, 0) is 57.0 Å². The smallest absolute Gasteiger partial charge is 0.273 e. The number of amides is 1. The highest BCUT2D eigenvalue weighted by Crippen LogP contribution is 2.46. The van der Waals surface area contributed by atoms with Crippen molar-refractivity contribution in [2.75, 3.05) is 26.4 Å². The summed E-state index contributed by atoms with van der Waals surface area (Å²) >= 11 is 0. The van der Waals surface area contributed by atoms with E-state index in [1.54, 1.807) is 11.0 Å². The van der Waals surface area contributed by atoms with Gasteiger partial charge < -0.3 is 24.6 Å². The summed E-state index contributed by atoms with van der Waals surface area (Å²) < 4.78 is 11.5. The van der Waals surface area contributed by atoms with E-state index in [1.165, 1.54) is 0 Å². The van der Waals surface area contributed by atoms with Crippen LogP contribution in [0.5, 0.6) is 17.2 Å². The first-order valence-electron chi connectivity index (χ1n) is 11.2. The summed E-state index contributed by atoms with van der Waals surface area (Å²) in [6.45, 7) is 7.08. The zero-order chi connectivity index (χ0) is 23.5. The van der Waals surface area contributed by atoms with Crippen LogP contribution >= 0.6 is 0 Å². The number of phenols is 1. The first kappa shape index (κ1) is 22.7. The predicted molar refractivity (Wildman–Crippen MR) is 124 cm³/mol. The van der Waals surface area contributed by atoms with Gasteiger partial charge in [-0.2, -0.15) is 5.10 Å². The van der Waals surface area contributed by atoms with Crippen LogP contribution < -0.4 is 9.47 Å². The Bertz CT molecular complexity index is 1160. The largest absolute Gasteiger partial charge is 0.507 e. The number of aryl methyl sites for hydroxylation is 1. The van der Waals surface area contributed by atoms with Crippen LogP contribution in [0, 0.1) is 6.92 Å². The number of phenolic OH excluding ortho intramolecular Hbond substituents is 1. The van der Waals surface area contributed by atoms with Crippen LogP contribution in [0.1, 0.15) is 53.5 Å². The maximum atomic E-state index is 13.3. The van der Waals surface area contributed by atoms with Crippen molar-refractivity contribution in [3.63, 3.8) is 0 Å². The Labute approximate surface area is 192 Å². The molecule has 0 aliphatic carbocycles. The van der Waals surface area contributed by atoms with Crippen molar-refractivity contribution in [2.24, 2.45) is 0 Å². The van der Waals surface area contributed by atoms with Gasteiger partial charge in [-0.1, -0.05) is 17.7 Å². The molecular formula is C25H29N3O5. The van der Waals surface area contributed by atoms with Crippen LogP contribution in [0.4, 0.5) is 0 Å². The van der Waals surface area contributed by atoms with Gasteiger partial charge in [0.25, 0.3) is 5.91 Å². The lowest BCUT2D eigenvalue weighted by molar-refractivity contribution is 0.0732. The topological polar surface area (TPSA) is 108 Å². The van der Waals surface area contributed by atoms with Gasteiger partial charge in [0.1, 0.15) is 17.1 Å². The second-order valence-corrected chi connectivity index (χ2v) is 7.93. The molecule has 4 rings (SSSR count). The summed E-state index contributed by atoms with van der Waals surface area (Å²) in [5.41, 5.74) is 3.98. The summed E-state index contributed by atoms with van der Waals surface area (Å²) in [5, 5.41) is 27.3. The average Bonchev–Trinajstić information content (AvgIpc) is 3.34. The van der Waals surface area contributed by atoms with Crippen molar-refractivity contribution in [1.29, 1.82) is 0 Å². The van der Waals surface area contributed by atoms with E-state index in [2.05, 4.69) is 10.2 Å². The molecule has 8 nitrogen and oxygen atoms in total. The van der Waals surface area contributed by atoms with Crippen LogP contribution in [0.2, 0.25) is 0 Å². The molecule has 1 atom stereocenters. The van der Waals surface area contributed by atoms with Crippen molar-refractivity contribution in [1.82, 2.24) is 15.1 Å². The van der Waals surface area contributed by atoms with Gasteiger partial charge >= 0.3 is 0 Å². The van der Waals surface area contributed by atoms with Gasteiger partial charge in [0.15, 0.2) is 11.5 Å². The molecule has 1 amide bonds. The zero-order valence-corrected chi connectivity index (χ0v) is 19.1. The van der Waals surface area contributed by atoms with Gasteiger partial charge in [0.05, 0.1) is 19.3 Å². The first-order valence-corrected chi connectivity index (χ1v) is 11.2. The lowest BCUT2D eigenvalue weighted by atomic mass is 9.94. The fourth-order valence-corrected chi connectivity index (χ4v) is 4.30. The van der Waals surface area contributed by atoms with Crippen molar-refractivity contribution in [3.8, 4) is 28.5 Å². The van der Waals surface area contributed by atoms with E-state index < -0.39 is 6.04 Å². The molecule has 0 saturated carbocycles. The number of rotatable bonds is 9. The number of aromatic hydroxyl groups is 1. The molecule has 8 heteroatoms. The highest BCUT2D eigenvalue weighted by molar-refractivity contribution is 6.00. The number of aromatic amines is 1. The number of nitrogens with one attached hydrogen (secondary N) is 1. The van der Waals surface area contributed by atoms with Crippen molar-refractivity contribution in [3.05, 3.63) is 58.8 Å². The molecule has 33 heavy (non-hydrogen) atoms. The van der Waals surface area contributed by atoms with E-state index in [4.69, 9.17) is 9.47 Å². The average molecular weight is 452 g/mol. The number of nitrogens with zero attached hydrogens (tertiary/aromatic N) is 2. The number of aromatic nitrogens is 2. The lowest BCUT2D eigenvalue weighted by Crippen LogP contribution is -2.31. The minimum Gasteiger partial charge on any atom is -0.507 e. The molecule has 0 unspecified atom stereocenters. The number of benzene rings is 2. The van der Waals surface area contributed by atoms with Crippen LogP contribution in [-0.2, 0) is 0 Å². The van der Waals surface area contributed by atoms with Crippen molar-refractivity contribution >= 4 is 5.91 Å². The number of aliphatic hydroxyl groups is 1. The Morgan fingerprint density at radius 2 is 1.85 bits per heavy atom. The number of carbonyl (C=O) groups excluding carboxylic acids is 1. The first-order chi connectivity index (χ1) is 16.0. The molecule has 0 radical (unpaired) electrons. The third-order valence-electron chi connectivity index (χ3n) is 5.71. The number of carbonyl (C=O) groups is 1. The number of hydrogen-bond donors (Lipinski definition) is 3. The molecule has 1 aliphatic rings. The molecule has 0 bridgehead atoms. The number of ether oxygens (including phenoxy) is 2. The molecule has 174 valence electrons. The molecule has 0 fully saturated rings. The van der Waals surface area contributed by atoms with Gasteiger partial charge in [-0.15, -0.1) is 0 Å². The summed E-state index contributed by atoms with van der Waals surface area (Å²) in [7, 11) is 0. The van der Waals surface area contributed by atoms with E-state index in [-0.39, 0.29) is 18.3 Å². The van der Waals surface area contributed by atoms with E-state index in [9.17, 15) is 15.0 Å². The molecular weight excluding hydrogens is 422 g/mol. The fourth-order valence-electron chi connectivity index (χ4n) is 4.30. The molecule has 3 aromatic rings. The Morgan fingerprint density at radius 3 is 2.58 bits per heavy atom. The maximum absolute atomic E-state index is 13.3. The quantitative estimate of drug-likeness (QED) is 0.457. The predicted octanol–water partition coefficient (Wildman–Crippen LogP) is 3.82. The third-order valence-corrected chi connectivity index (χ3v) is 5.71. The summed E-state index contributed by atoms with van der Waals surface area (Å²) in [6.07, 6.45) is 0.445. The molecule has 0 saturated heterocycles. The lowest BCUT2D eigenvalue weighted by Gasteiger charge is -2.27. The molecule has 1 aliphatic heterocycles. The van der Waals surface area contributed by atoms with Gasteiger partial charge in [-0.3, -0.25) is 9.89 Å². The summed E-state index contributed by atoms with van der Waals surface area (Å²) in [6, 6.07) is 10.5. The minimum atomic E-state index is -0.456. The maximum Gasteiger partial charge on any atom is 0.273 e. The summed E-state index contributed by atoms with van der Waals surface area (Å²) in [5.74, 6) is 1.14. The standard InChI is InChI=1S/C25H29N3O5/c1-4-32-19-10-8-16(14-20(19)33-5-2)24-21-22(17-13-15(3)7-9-18(17)30)26-27-23(21)25(31)28(24)11-6-12-29/h7-10,13-14,24,29-30H,4-6,11-12H2,1-3H3,(H,26,27)/t24-/m0/s1. The van der Waals surface area contributed by atoms with Gasteiger partial charge in [0, 0.05) is 24.3 Å². The van der Waals surface area contributed by atoms with E-state index in [0.717, 1.165) is 11.1 Å². The summed E-state index contributed by atoms with van der Waals surface area (Å²) in [4.78, 5) is 15.0. The van der Waals surface area contributed by atoms with Crippen molar-refractivity contribution < 1.29 is 24.5 Å². The van der Waals surface area contributed by atoms with Crippen LogP contribution in [0.15, 0.2) is 36.4 Å². The molecule has 0 spiro atoms. The van der Waals surface area contributed by atoms with E-state index in [0.29, 0.717) is 60.2 Å². The Balaban J connectivity index is 1.88. The molecule has 2 heterocycles. The highest BCUT2D eigenvalue weighted by atomic mass is 16.5. The number of hydrogen-bond acceptors (Lipinski definition) is 6. The number of fused-ring (bicyclic) bond motifs is 1. The Morgan fingerprint density at radius 1 is 1.09 bits per heavy atom. The minimum absolute atomic E-state index is 0.0261. The van der Waals surface area contributed by atoms with Gasteiger partial charge in [-0.25, -0.2) is 0 Å². The normalized spacial score (nSPS) is 15.1. The van der Waals surface area contributed by atoms with Crippen molar-refractivity contribution in [2.45, 2.75) is 33.2 Å². The highest BCUT2D eigenvalue weighted by Gasteiger charge is 2.42. The van der Waals surface area contributed by atoms with E-state index in [1.807, 2.05) is 51.1 Å². The van der Waals surface area contributed by atoms with Gasteiger partial charge in [0.2, 0.25) is 0 Å². The Kier molecular flexibility index (Phi) is 6.55. The molecule has 1 aromatic heterocycles. The molecule has 3 N–H and O–H groups in total. The monoisotopic (exact) mass is 451 g/mol. The zero-order valence-electron chi connectivity index (χ0n) is 19.1. The second-order valence-electron chi connectivity index (χ2n) is 7.93. The molecule has 2 aromatic carbocycles. The van der Waals surface area contributed by atoms with Crippen LogP contribution in [-0.4, -0.2) is 57.6 Å². The van der Waals surface area contributed by atoms with E-state index >= 15 is 0 Å². The van der Waals surface area contributed by atoms with Crippen LogP contribution in [0.3, 0.4) is 0 Å².